The third-order valence-corrected chi connectivity index (χ3v) is 4.58. The van der Waals surface area contributed by atoms with Crippen molar-refractivity contribution >= 4 is 44.2 Å². The number of benzene rings is 2. The van der Waals surface area contributed by atoms with Crippen LogP contribution in [0.5, 0.6) is 0 Å². The summed E-state index contributed by atoms with van der Waals surface area (Å²) in [7, 11) is -3.53. The molecule has 24 heavy (non-hydrogen) atoms. The van der Waals surface area contributed by atoms with Crippen LogP contribution in [0, 0.1) is 9.39 Å². The highest BCUT2D eigenvalue weighted by atomic mass is 127. The number of halogens is 2. The van der Waals surface area contributed by atoms with Gasteiger partial charge in [-0.1, -0.05) is 12.1 Å². The zero-order valence-electron chi connectivity index (χ0n) is 12.8. The molecule has 0 bridgehead atoms. The molecule has 0 spiro atoms. The fraction of sp³-hybridized carbons (Fsp3) is 0.188. The van der Waals surface area contributed by atoms with E-state index < -0.39 is 21.9 Å². The second-order valence-electron chi connectivity index (χ2n) is 5.25. The summed E-state index contributed by atoms with van der Waals surface area (Å²) < 4.78 is 39.6. The van der Waals surface area contributed by atoms with Crippen molar-refractivity contribution in [3.05, 3.63) is 63.5 Å². The molecule has 0 aliphatic carbocycles. The van der Waals surface area contributed by atoms with Crippen LogP contribution < -0.4 is 10.0 Å². The Hall–Kier alpha value is -1.52. The average Bonchev–Trinajstić information content (AvgIpc) is 2.48. The summed E-state index contributed by atoms with van der Waals surface area (Å²) in [5.41, 5.74) is 1.14. The Morgan fingerprint density at radius 1 is 1.12 bits per heavy atom. The Morgan fingerprint density at radius 2 is 1.71 bits per heavy atom. The summed E-state index contributed by atoms with van der Waals surface area (Å²) in [6.45, 7) is 0. The van der Waals surface area contributed by atoms with Crippen LogP contribution in [0.15, 0.2) is 48.5 Å². The molecule has 5 nitrogen and oxygen atoms in total. The van der Waals surface area contributed by atoms with Gasteiger partial charge < -0.3 is 5.32 Å². The molecule has 2 aromatic carbocycles. The molecule has 0 unspecified atom stereocenters. The van der Waals surface area contributed by atoms with E-state index in [9.17, 15) is 17.6 Å². The highest BCUT2D eigenvalue weighted by Crippen LogP contribution is 2.20. The second kappa shape index (κ2) is 8.04. The molecule has 0 heterocycles. The number of hydrogen-bond acceptors (Lipinski definition) is 3. The monoisotopic (exact) mass is 462 g/mol. The zero-order chi connectivity index (χ0) is 17.7. The molecular weight excluding hydrogens is 446 g/mol. The molecule has 0 saturated heterocycles. The first-order chi connectivity index (χ1) is 11.2. The molecule has 0 aliphatic rings. The first kappa shape index (κ1) is 18.8. The maximum Gasteiger partial charge on any atom is 0.226 e. The lowest BCUT2D eigenvalue weighted by Gasteiger charge is -2.18. The maximum absolute atomic E-state index is 13.1. The second-order valence-corrected chi connectivity index (χ2v) is 8.28. The van der Waals surface area contributed by atoms with Crippen molar-refractivity contribution in [1.82, 2.24) is 4.72 Å². The lowest BCUT2D eigenvalue weighted by Crippen LogP contribution is -2.30. The van der Waals surface area contributed by atoms with Crippen LogP contribution in [0.1, 0.15) is 18.0 Å². The van der Waals surface area contributed by atoms with E-state index in [0.29, 0.717) is 11.3 Å². The molecule has 8 heteroatoms. The molecule has 128 valence electrons. The predicted octanol–water partition coefficient (Wildman–Crippen LogP) is 3.05. The number of nitrogens with one attached hydrogen (secondary N) is 2. The normalized spacial score (nSPS) is 12.6. The zero-order valence-corrected chi connectivity index (χ0v) is 15.8. The number of anilines is 1. The minimum absolute atomic E-state index is 0.106. The summed E-state index contributed by atoms with van der Waals surface area (Å²) >= 11 is 2.16. The van der Waals surface area contributed by atoms with Crippen LogP contribution in [0.4, 0.5) is 10.1 Å². The van der Waals surface area contributed by atoms with Crippen LogP contribution >= 0.6 is 22.6 Å². The molecule has 2 aromatic rings. The van der Waals surface area contributed by atoms with E-state index in [1.807, 2.05) is 12.1 Å². The van der Waals surface area contributed by atoms with Crippen LogP contribution in [0.3, 0.4) is 0 Å². The number of amides is 1. The molecule has 1 atom stereocenters. The Balaban J connectivity index is 2.13. The van der Waals surface area contributed by atoms with Gasteiger partial charge in [-0.25, -0.2) is 17.5 Å². The summed E-state index contributed by atoms with van der Waals surface area (Å²) in [6.07, 6.45) is 0.908. The van der Waals surface area contributed by atoms with Gasteiger partial charge in [0.25, 0.3) is 0 Å². The van der Waals surface area contributed by atoms with Gasteiger partial charge in [0.15, 0.2) is 0 Å². The third kappa shape index (κ3) is 6.17. The minimum atomic E-state index is -3.53. The van der Waals surface area contributed by atoms with E-state index in [4.69, 9.17) is 0 Å². The number of carbonyl (C=O) groups is 1. The largest absolute Gasteiger partial charge is 0.326 e. The fourth-order valence-electron chi connectivity index (χ4n) is 2.11. The van der Waals surface area contributed by atoms with Gasteiger partial charge in [0.1, 0.15) is 5.82 Å². The van der Waals surface area contributed by atoms with Gasteiger partial charge in [-0.3, -0.25) is 4.79 Å². The maximum atomic E-state index is 13.1. The van der Waals surface area contributed by atoms with E-state index in [-0.39, 0.29) is 12.3 Å². The molecule has 2 N–H and O–H groups in total. The van der Waals surface area contributed by atoms with E-state index in [1.54, 1.807) is 12.1 Å². The summed E-state index contributed by atoms with van der Waals surface area (Å²) in [5.74, 6) is -0.776. The van der Waals surface area contributed by atoms with Crippen LogP contribution in [0.25, 0.3) is 0 Å². The van der Waals surface area contributed by atoms with Gasteiger partial charge in [-0.2, -0.15) is 0 Å². The molecule has 1 amide bonds. The molecule has 0 saturated carbocycles. The van der Waals surface area contributed by atoms with Crippen LogP contribution in [-0.2, 0) is 14.8 Å². The van der Waals surface area contributed by atoms with Gasteiger partial charge in [0.2, 0.25) is 15.9 Å². The smallest absolute Gasteiger partial charge is 0.226 e. The summed E-state index contributed by atoms with van der Waals surface area (Å²) in [6, 6.07) is 11.8. The van der Waals surface area contributed by atoms with Crippen molar-refractivity contribution in [1.29, 1.82) is 0 Å². The van der Waals surface area contributed by atoms with E-state index in [1.165, 1.54) is 24.3 Å². The molecular formula is C16H16FIN2O3S. The van der Waals surface area contributed by atoms with Gasteiger partial charge >= 0.3 is 0 Å². The van der Waals surface area contributed by atoms with Crippen molar-refractivity contribution in [2.45, 2.75) is 12.5 Å². The Labute approximate surface area is 153 Å². The highest BCUT2D eigenvalue weighted by molar-refractivity contribution is 14.1. The lowest BCUT2D eigenvalue weighted by molar-refractivity contribution is -0.116. The number of sulfonamides is 1. The minimum Gasteiger partial charge on any atom is -0.326 e. The summed E-state index contributed by atoms with van der Waals surface area (Å²) in [4.78, 5) is 12.2. The van der Waals surface area contributed by atoms with Gasteiger partial charge in [-0.15, -0.1) is 0 Å². The van der Waals surface area contributed by atoms with Crippen molar-refractivity contribution in [2.75, 3.05) is 11.6 Å². The first-order valence-corrected chi connectivity index (χ1v) is 9.98. The molecule has 0 aromatic heterocycles. The topological polar surface area (TPSA) is 75.3 Å². The molecule has 0 radical (unpaired) electrons. The number of rotatable bonds is 6. The van der Waals surface area contributed by atoms with Crippen molar-refractivity contribution in [3.63, 3.8) is 0 Å². The standard InChI is InChI=1S/C16H16FIN2O3S/c1-24(22,23)20-15(11-2-4-12(17)5-3-11)10-16(21)19-14-8-6-13(18)7-9-14/h2-9,15,20H,10H2,1H3,(H,19,21)/t15-/m0/s1. The highest BCUT2D eigenvalue weighted by Gasteiger charge is 2.20. The number of carbonyl (C=O) groups excluding carboxylic acids is 1. The quantitative estimate of drug-likeness (QED) is 0.649. The van der Waals surface area contributed by atoms with Crippen molar-refractivity contribution in [3.8, 4) is 0 Å². The van der Waals surface area contributed by atoms with Crippen LogP contribution in [0.2, 0.25) is 0 Å². The molecule has 2 rings (SSSR count). The van der Waals surface area contributed by atoms with Crippen LogP contribution in [-0.4, -0.2) is 20.6 Å². The van der Waals surface area contributed by atoms with Gasteiger partial charge in [0, 0.05) is 15.7 Å². The van der Waals surface area contributed by atoms with E-state index >= 15 is 0 Å². The molecule has 0 aliphatic heterocycles. The summed E-state index contributed by atoms with van der Waals surface area (Å²) in [5, 5.41) is 2.72. The van der Waals surface area contributed by atoms with E-state index in [0.717, 1.165) is 9.83 Å². The van der Waals surface area contributed by atoms with E-state index in [2.05, 4.69) is 32.6 Å². The Bertz CT molecular complexity index is 808. The van der Waals surface area contributed by atoms with Gasteiger partial charge in [-0.05, 0) is 64.6 Å². The van der Waals surface area contributed by atoms with Gasteiger partial charge in [0.05, 0.1) is 12.3 Å². The number of hydrogen-bond donors (Lipinski definition) is 2. The molecule has 0 fully saturated rings. The Morgan fingerprint density at radius 3 is 2.25 bits per heavy atom. The fourth-order valence-corrected chi connectivity index (χ4v) is 3.21. The van der Waals surface area contributed by atoms with Crippen molar-refractivity contribution in [2.24, 2.45) is 0 Å². The predicted molar refractivity (Wildman–Crippen MR) is 99.5 cm³/mol. The SMILES string of the molecule is CS(=O)(=O)N[C@@H](CC(=O)Nc1ccc(I)cc1)c1ccc(F)cc1. The lowest BCUT2D eigenvalue weighted by atomic mass is 10.0. The Kier molecular flexibility index (Phi) is 6.30. The first-order valence-electron chi connectivity index (χ1n) is 7.01. The third-order valence-electron chi connectivity index (χ3n) is 3.15. The van der Waals surface area contributed by atoms with Crippen molar-refractivity contribution < 1.29 is 17.6 Å². The average molecular weight is 462 g/mol.